The first-order chi connectivity index (χ1) is 36.7. The van der Waals surface area contributed by atoms with Gasteiger partial charge in [-0.1, -0.05) is 182 Å². The van der Waals surface area contributed by atoms with Crippen molar-refractivity contribution < 1.29 is 77.8 Å². The third-order valence-electron chi connectivity index (χ3n) is 13.1. The fraction of sp³-hybridized carbons (Fsp3) is 0.175. The third-order valence-corrected chi connectivity index (χ3v) is 13.1. The number of nitrogens with zero attached hydrogens (tertiary/aromatic N) is 2. The predicted molar refractivity (Wildman–Crippen MR) is 290 cm³/mol. The molecule has 0 spiro atoms. The number of esters is 1. The summed E-state index contributed by atoms with van der Waals surface area (Å²) in [5.74, 6) is 0.370. The molecule has 0 radical (unpaired) electrons. The third kappa shape index (κ3) is 14.4. The number of para-hydroxylation sites is 6. The number of aliphatic carboxylic acids is 1. The molecule has 394 valence electrons. The maximum absolute atomic E-state index is 14.1. The van der Waals surface area contributed by atoms with Crippen molar-refractivity contribution in [3.63, 3.8) is 0 Å². The quantitative estimate of drug-likeness (QED) is 0.0739. The van der Waals surface area contributed by atoms with Crippen molar-refractivity contribution >= 4 is 23.8 Å². The Morgan fingerprint density at radius 2 is 0.718 bits per heavy atom. The molecule has 0 aliphatic carbocycles. The summed E-state index contributed by atoms with van der Waals surface area (Å²) in [6.45, 7) is 0.403. The number of ether oxygens (including phenoxy) is 5. The van der Waals surface area contributed by atoms with Crippen LogP contribution < -0.4 is 37.8 Å². The molecule has 2 saturated heterocycles. The summed E-state index contributed by atoms with van der Waals surface area (Å²) < 4.78 is 29.7. The molecule has 0 saturated carbocycles. The van der Waals surface area contributed by atoms with Crippen LogP contribution >= 0.6 is 0 Å². The average molecular weight is 1040 g/mol. The van der Waals surface area contributed by atoms with Gasteiger partial charge in [-0.15, -0.1) is 0 Å². The molecule has 4 N–H and O–H groups in total. The number of methoxy groups -OCH3 is 1. The fourth-order valence-corrected chi connectivity index (χ4v) is 9.57. The fourth-order valence-electron chi connectivity index (χ4n) is 9.57. The van der Waals surface area contributed by atoms with Crippen LogP contribution in [0.25, 0.3) is 0 Å². The van der Waals surface area contributed by atoms with Crippen molar-refractivity contribution in [3.8, 4) is 34.5 Å². The minimum atomic E-state index is -1.05. The minimum absolute atomic E-state index is 0. The van der Waals surface area contributed by atoms with Gasteiger partial charge in [-0.3, -0.25) is 9.59 Å². The Balaban J connectivity index is 0.000000243. The number of hydrogen-bond donors (Lipinski definition) is 1. The standard InChI is InChI=1S/C32H29NO5.C31H27NO5.Li.2H2O/c1-36-32(35)27-21-26(38-29-20-12-11-19-28(29)37-25-17-9-4-10-18-25)22-33(27)31(34)30(23-13-5-2-6-14-23)24-15-7-3-8-16-24;33-30(29(22-12-4-1-5-13-22)23-14-6-2-7-15-23)32-21-25(20-26(32)31(34)35)37-28-19-11-10-18-27(28)36-24-16-8-3-9-17-24;;;/h2-20,26-27,30H,21-22H2,1H3;1-19,25-26,29H,20-21H2,(H,34,35);;2*1H2/q;;+1;;/p-1/t26-,27-;25-,26-;;;/m00.../s1. The van der Waals surface area contributed by atoms with Gasteiger partial charge >= 0.3 is 30.8 Å². The van der Waals surface area contributed by atoms with Crippen LogP contribution in [-0.2, 0) is 23.9 Å². The van der Waals surface area contributed by atoms with E-state index in [4.69, 9.17) is 23.7 Å². The monoisotopic (exact) mass is 1040 g/mol. The molecule has 4 atom stereocenters. The molecule has 10 rings (SSSR count). The topological polar surface area (TPSA) is 203 Å². The summed E-state index contributed by atoms with van der Waals surface area (Å²) in [5, 5.41) is 10.0. The zero-order chi connectivity index (χ0) is 51.9. The van der Waals surface area contributed by atoms with Gasteiger partial charge in [-0.25, -0.2) is 9.59 Å². The molecule has 2 aliphatic rings. The first-order valence-corrected chi connectivity index (χ1v) is 24.8. The van der Waals surface area contributed by atoms with E-state index in [2.05, 4.69) is 0 Å². The van der Waals surface area contributed by atoms with Crippen molar-refractivity contribution in [2.45, 2.75) is 49.0 Å². The van der Waals surface area contributed by atoms with E-state index < -0.39 is 48.1 Å². The van der Waals surface area contributed by atoms with Gasteiger partial charge in [-0.2, -0.15) is 0 Å². The van der Waals surface area contributed by atoms with Crippen LogP contribution in [-0.4, -0.2) is 94.1 Å². The smallest absolute Gasteiger partial charge is 0.870 e. The Morgan fingerprint density at radius 1 is 0.436 bits per heavy atom. The van der Waals surface area contributed by atoms with Gasteiger partial charge in [0, 0.05) is 12.8 Å². The summed E-state index contributed by atoms with van der Waals surface area (Å²) in [4.78, 5) is 56.2. The molecule has 0 bridgehead atoms. The Bertz CT molecular complexity index is 3060. The van der Waals surface area contributed by atoms with E-state index in [0.29, 0.717) is 40.9 Å². The van der Waals surface area contributed by atoms with Crippen molar-refractivity contribution in [2.24, 2.45) is 0 Å². The van der Waals surface area contributed by atoms with Crippen LogP contribution in [0.15, 0.2) is 231 Å². The summed E-state index contributed by atoms with van der Waals surface area (Å²) in [7, 11) is 1.34. The van der Waals surface area contributed by atoms with E-state index in [-0.39, 0.29) is 61.1 Å². The van der Waals surface area contributed by atoms with Crippen molar-refractivity contribution in [1.29, 1.82) is 0 Å². The molecule has 2 aliphatic heterocycles. The molecule has 0 aromatic heterocycles. The first-order valence-electron chi connectivity index (χ1n) is 24.8. The maximum atomic E-state index is 14.1. The Morgan fingerprint density at radius 3 is 1.04 bits per heavy atom. The van der Waals surface area contributed by atoms with E-state index in [0.717, 1.165) is 22.3 Å². The van der Waals surface area contributed by atoms with E-state index >= 15 is 0 Å². The van der Waals surface area contributed by atoms with E-state index in [9.17, 15) is 24.3 Å². The van der Waals surface area contributed by atoms with Crippen LogP contribution in [0.5, 0.6) is 34.5 Å². The molecular weight excluding hydrogens is 984 g/mol. The maximum Gasteiger partial charge on any atom is 1.00 e. The van der Waals surface area contributed by atoms with Gasteiger partial charge in [-0.05, 0) is 70.8 Å². The van der Waals surface area contributed by atoms with Gasteiger partial charge in [0.15, 0.2) is 23.0 Å². The number of carbonyl (C=O) groups excluding carboxylic acids is 3. The molecule has 2 amide bonds. The van der Waals surface area contributed by atoms with Crippen LogP contribution in [0.2, 0.25) is 0 Å². The largest absolute Gasteiger partial charge is 1.00 e. The number of likely N-dealkylation sites (tertiary alicyclic amines) is 2. The predicted octanol–water partition coefficient (Wildman–Crippen LogP) is 7.58. The second kappa shape index (κ2) is 28.5. The van der Waals surface area contributed by atoms with Gasteiger partial charge in [0.25, 0.3) is 0 Å². The van der Waals surface area contributed by atoms with Crippen molar-refractivity contribution in [1.82, 2.24) is 9.80 Å². The van der Waals surface area contributed by atoms with Crippen LogP contribution in [0.1, 0.15) is 46.9 Å². The normalized spacial score (nSPS) is 16.2. The van der Waals surface area contributed by atoms with Gasteiger partial charge in [0.2, 0.25) is 11.8 Å². The second-order valence-corrected chi connectivity index (χ2v) is 18.1. The number of amides is 2. The van der Waals surface area contributed by atoms with E-state index in [1.54, 1.807) is 17.0 Å². The molecular formula is C63H59LiN2O12. The number of carbonyl (C=O) groups is 4. The van der Waals surface area contributed by atoms with Gasteiger partial charge in [0.05, 0.1) is 32.0 Å². The molecule has 8 aromatic rings. The van der Waals surface area contributed by atoms with Crippen molar-refractivity contribution in [3.05, 3.63) is 253 Å². The van der Waals surface area contributed by atoms with Crippen LogP contribution in [0.4, 0.5) is 0 Å². The molecule has 15 heteroatoms. The van der Waals surface area contributed by atoms with E-state index in [1.807, 2.05) is 218 Å². The van der Waals surface area contributed by atoms with Crippen LogP contribution in [0.3, 0.4) is 0 Å². The Labute approximate surface area is 465 Å². The minimum Gasteiger partial charge on any atom is -0.870 e. The Hall–Kier alpha value is -8.64. The number of rotatable bonds is 16. The molecule has 2 fully saturated rings. The number of benzene rings is 8. The second-order valence-electron chi connectivity index (χ2n) is 18.1. The van der Waals surface area contributed by atoms with Gasteiger partial charge in [0.1, 0.15) is 35.8 Å². The number of hydrogen-bond acceptors (Lipinski definition) is 10. The molecule has 8 aromatic carbocycles. The van der Waals surface area contributed by atoms with E-state index in [1.165, 1.54) is 12.0 Å². The molecule has 78 heavy (non-hydrogen) atoms. The van der Waals surface area contributed by atoms with Gasteiger partial charge < -0.3 is 49.5 Å². The zero-order valence-corrected chi connectivity index (χ0v) is 43.2. The van der Waals surface area contributed by atoms with Crippen molar-refractivity contribution in [2.75, 3.05) is 20.2 Å². The number of carboxylic acids is 1. The summed E-state index contributed by atoms with van der Waals surface area (Å²) in [5.41, 5.74) is 3.35. The van der Waals surface area contributed by atoms with Crippen LogP contribution in [0, 0.1) is 0 Å². The average Bonchev–Trinajstić information content (AvgIpc) is 4.12. The summed E-state index contributed by atoms with van der Waals surface area (Å²) in [6.07, 6.45) is -0.431. The zero-order valence-electron chi connectivity index (χ0n) is 43.2. The number of carboxylic acid groups (broad SMARTS) is 1. The SMILES string of the molecule is COC(=O)[C@@H]1C[C@H](Oc2ccccc2Oc2ccccc2)CN1C(=O)C(c1ccccc1)c1ccccc1.O.O=C(O)[C@@H]1C[C@H](Oc2ccccc2Oc2ccccc2)CN1C(=O)C(c1ccccc1)c1ccccc1.[Li+].[OH-]. The summed E-state index contributed by atoms with van der Waals surface area (Å²) >= 11 is 0. The Kier molecular flexibility index (Phi) is 21.4. The molecule has 2 heterocycles. The first kappa shape index (κ1) is 58.6. The summed E-state index contributed by atoms with van der Waals surface area (Å²) in [6, 6.07) is 69.9. The molecule has 14 nitrogen and oxygen atoms in total. The molecule has 0 unspecified atom stereocenters.